The first-order valence-corrected chi connectivity index (χ1v) is 6.83. The second-order valence-corrected chi connectivity index (χ2v) is 5.63. The molecule has 2 aromatic rings. The number of aliphatic hydroxyl groups excluding tert-OH is 1. The fourth-order valence-corrected chi connectivity index (χ4v) is 3.18. The SMILES string of the molecule is CC(C)C(CO)N(C)c1csc2ccccc12. The van der Waals surface area contributed by atoms with Gasteiger partial charge in [0.05, 0.1) is 18.3 Å². The van der Waals surface area contributed by atoms with E-state index in [0.29, 0.717) is 5.92 Å². The van der Waals surface area contributed by atoms with Crippen LogP contribution in [0.15, 0.2) is 29.6 Å². The summed E-state index contributed by atoms with van der Waals surface area (Å²) in [5.74, 6) is 0.434. The number of likely N-dealkylation sites (N-methyl/N-ethyl adjacent to an activating group) is 1. The Morgan fingerprint density at radius 2 is 2.00 bits per heavy atom. The Labute approximate surface area is 106 Å². The minimum absolute atomic E-state index is 0.174. The van der Waals surface area contributed by atoms with Gasteiger partial charge in [-0.2, -0.15) is 0 Å². The fraction of sp³-hybridized carbons (Fsp3) is 0.429. The molecule has 0 aliphatic carbocycles. The number of aliphatic hydroxyl groups is 1. The number of hydrogen-bond acceptors (Lipinski definition) is 3. The van der Waals surface area contributed by atoms with Gasteiger partial charge in [0.25, 0.3) is 0 Å². The first-order chi connectivity index (χ1) is 8.15. The van der Waals surface area contributed by atoms with E-state index >= 15 is 0 Å². The second kappa shape index (κ2) is 5.07. The van der Waals surface area contributed by atoms with Gasteiger partial charge in [0, 0.05) is 22.5 Å². The Hall–Kier alpha value is -1.06. The molecule has 0 bridgehead atoms. The van der Waals surface area contributed by atoms with E-state index in [-0.39, 0.29) is 12.6 Å². The lowest BCUT2D eigenvalue weighted by atomic mass is 10.0. The van der Waals surface area contributed by atoms with Crippen LogP contribution in [-0.2, 0) is 0 Å². The molecule has 0 aliphatic rings. The van der Waals surface area contributed by atoms with E-state index in [0.717, 1.165) is 0 Å². The van der Waals surface area contributed by atoms with Crippen LogP contribution in [0.4, 0.5) is 5.69 Å². The van der Waals surface area contributed by atoms with Crippen molar-refractivity contribution < 1.29 is 5.11 Å². The molecule has 1 aromatic carbocycles. The van der Waals surface area contributed by atoms with Gasteiger partial charge in [-0.15, -0.1) is 11.3 Å². The number of rotatable bonds is 4. The molecule has 1 N–H and O–H groups in total. The molecule has 92 valence electrons. The molecule has 0 radical (unpaired) electrons. The van der Waals surface area contributed by atoms with Crippen molar-refractivity contribution in [3.63, 3.8) is 0 Å². The maximum atomic E-state index is 9.50. The van der Waals surface area contributed by atoms with Gasteiger partial charge in [0.1, 0.15) is 0 Å². The normalized spacial score (nSPS) is 13.2. The second-order valence-electron chi connectivity index (χ2n) is 4.72. The molecule has 2 nitrogen and oxygen atoms in total. The fourth-order valence-electron chi connectivity index (χ4n) is 2.20. The third kappa shape index (κ3) is 2.31. The van der Waals surface area contributed by atoms with Crippen LogP contribution in [-0.4, -0.2) is 24.8 Å². The average molecular weight is 249 g/mol. The molecule has 1 unspecified atom stereocenters. The zero-order valence-electron chi connectivity index (χ0n) is 10.6. The maximum absolute atomic E-state index is 9.50. The molecule has 1 heterocycles. The largest absolute Gasteiger partial charge is 0.394 e. The van der Waals surface area contributed by atoms with Crippen molar-refractivity contribution in [2.45, 2.75) is 19.9 Å². The summed E-state index contributed by atoms with van der Waals surface area (Å²) in [7, 11) is 2.06. The number of thiophene rings is 1. The molecular weight excluding hydrogens is 230 g/mol. The summed E-state index contributed by atoms with van der Waals surface area (Å²) in [6, 6.07) is 8.59. The molecule has 2 rings (SSSR count). The van der Waals surface area contributed by atoms with E-state index in [1.54, 1.807) is 11.3 Å². The van der Waals surface area contributed by atoms with E-state index < -0.39 is 0 Å². The van der Waals surface area contributed by atoms with Crippen LogP contribution < -0.4 is 4.90 Å². The monoisotopic (exact) mass is 249 g/mol. The highest BCUT2D eigenvalue weighted by Crippen LogP contribution is 2.33. The first kappa shape index (κ1) is 12.4. The van der Waals surface area contributed by atoms with Crippen molar-refractivity contribution in [3.05, 3.63) is 29.6 Å². The first-order valence-electron chi connectivity index (χ1n) is 5.95. The lowest BCUT2D eigenvalue weighted by molar-refractivity contribution is 0.234. The minimum atomic E-state index is 0.174. The van der Waals surface area contributed by atoms with Gasteiger partial charge in [-0.25, -0.2) is 0 Å². The van der Waals surface area contributed by atoms with Gasteiger partial charge in [-0.1, -0.05) is 32.0 Å². The van der Waals surface area contributed by atoms with Crippen LogP contribution in [0.3, 0.4) is 0 Å². The highest BCUT2D eigenvalue weighted by Gasteiger charge is 2.20. The molecule has 0 aliphatic heterocycles. The number of nitrogens with zero attached hydrogens (tertiary/aromatic N) is 1. The Balaban J connectivity index is 2.39. The Morgan fingerprint density at radius 1 is 1.29 bits per heavy atom. The van der Waals surface area contributed by atoms with Gasteiger partial charge in [0.2, 0.25) is 0 Å². The molecule has 1 aromatic heterocycles. The molecule has 0 fully saturated rings. The van der Waals surface area contributed by atoms with Crippen molar-refractivity contribution in [3.8, 4) is 0 Å². The quantitative estimate of drug-likeness (QED) is 0.898. The van der Waals surface area contributed by atoms with Crippen LogP contribution in [0.1, 0.15) is 13.8 Å². The molecule has 0 amide bonds. The molecule has 1 atom stereocenters. The molecule has 3 heteroatoms. The highest BCUT2D eigenvalue weighted by atomic mass is 32.1. The van der Waals surface area contributed by atoms with E-state index in [2.05, 4.69) is 55.4 Å². The smallest absolute Gasteiger partial charge is 0.0637 e. The Bertz CT molecular complexity index is 492. The topological polar surface area (TPSA) is 23.5 Å². The van der Waals surface area contributed by atoms with Crippen LogP contribution >= 0.6 is 11.3 Å². The zero-order chi connectivity index (χ0) is 12.4. The van der Waals surface area contributed by atoms with Crippen molar-refractivity contribution in [2.24, 2.45) is 5.92 Å². The van der Waals surface area contributed by atoms with Crippen molar-refractivity contribution >= 4 is 27.1 Å². The van der Waals surface area contributed by atoms with Crippen molar-refractivity contribution in [1.29, 1.82) is 0 Å². The zero-order valence-corrected chi connectivity index (χ0v) is 11.4. The summed E-state index contributed by atoms with van der Waals surface area (Å²) in [5.41, 5.74) is 1.22. The standard InChI is InChI=1S/C14H19NOS/c1-10(2)12(8-16)15(3)13-9-17-14-7-5-4-6-11(13)14/h4-7,9-10,12,16H,8H2,1-3H3. The molecule has 17 heavy (non-hydrogen) atoms. The van der Waals surface area contributed by atoms with Crippen LogP contribution in [0, 0.1) is 5.92 Å². The lowest BCUT2D eigenvalue weighted by Crippen LogP contribution is -2.38. The van der Waals surface area contributed by atoms with E-state index in [4.69, 9.17) is 0 Å². The predicted molar refractivity (Wildman–Crippen MR) is 75.9 cm³/mol. The van der Waals surface area contributed by atoms with Gasteiger partial charge in [-0.3, -0.25) is 0 Å². The Kier molecular flexibility index (Phi) is 3.69. The summed E-state index contributed by atoms with van der Waals surface area (Å²) < 4.78 is 1.30. The van der Waals surface area contributed by atoms with Gasteiger partial charge >= 0.3 is 0 Å². The highest BCUT2D eigenvalue weighted by molar-refractivity contribution is 7.17. The van der Waals surface area contributed by atoms with E-state index in [9.17, 15) is 5.11 Å². The van der Waals surface area contributed by atoms with Gasteiger partial charge in [-0.05, 0) is 12.0 Å². The third-order valence-electron chi connectivity index (χ3n) is 3.29. The molecule has 0 saturated heterocycles. The van der Waals surface area contributed by atoms with E-state index in [1.165, 1.54) is 15.8 Å². The number of benzene rings is 1. The van der Waals surface area contributed by atoms with Crippen LogP contribution in [0.5, 0.6) is 0 Å². The van der Waals surface area contributed by atoms with Gasteiger partial charge in [0.15, 0.2) is 0 Å². The third-order valence-corrected chi connectivity index (χ3v) is 4.25. The molecule has 0 saturated carbocycles. The number of anilines is 1. The predicted octanol–water partition coefficient (Wildman–Crippen LogP) is 3.35. The van der Waals surface area contributed by atoms with Crippen LogP contribution in [0.25, 0.3) is 10.1 Å². The number of hydrogen-bond donors (Lipinski definition) is 1. The Morgan fingerprint density at radius 3 is 2.65 bits per heavy atom. The van der Waals surface area contributed by atoms with Crippen LogP contribution in [0.2, 0.25) is 0 Å². The minimum Gasteiger partial charge on any atom is -0.394 e. The lowest BCUT2D eigenvalue weighted by Gasteiger charge is -2.31. The van der Waals surface area contributed by atoms with Crippen molar-refractivity contribution in [2.75, 3.05) is 18.6 Å². The molecule has 0 spiro atoms. The van der Waals surface area contributed by atoms with Crippen molar-refractivity contribution in [1.82, 2.24) is 0 Å². The molecular formula is C14H19NOS. The van der Waals surface area contributed by atoms with E-state index in [1.807, 2.05) is 0 Å². The summed E-state index contributed by atoms with van der Waals surface area (Å²) in [4.78, 5) is 2.20. The number of fused-ring (bicyclic) bond motifs is 1. The summed E-state index contributed by atoms with van der Waals surface area (Å²) >= 11 is 1.76. The van der Waals surface area contributed by atoms with Gasteiger partial charge < -0.3 is 10.0 Å². The maximum Gasteiger partial charge on any atom is 0.0637 e. The summed E-state index contributed by atoms with van der Waals surface area (Å²) in [5, 5.41) is 13.0. The summed E-state index contributed by atoms with van der Waals surface area (Å²) in [6.45, 7) is 4.48. The average Bonchev–Trinajstić information content (AvgIpc) is 2.72. The summed E-state index contributed by atoms with van der Waals surface area (Å²) in [6.07, 6.45) is 0.